The summed E-state index contributed by atoms with van der Waals surface area (Å²) >= 11 is 0. The largest absolute Gasteiger partial charge is 0.303 e. The molecule has 0 aliphatic carbocycles. The van der Waals surface area contributed by atoms with Gasteiger partial charge < -0.3 is 4.79 Å². The normalized spacial score (nSPS) is 12.5. The molecule has 0 aliphatic heterocycles. The number of benzene rings is 1. The van der Waals surface area contributed by atoms with Gasteiger partial charge in [0.2, 0.25) is 0 Å². The number of aryl methyl sites for hydroxylation is 2. The van der Waals surface area contributed by atoms with Crippen molar-refractivity contribution in [1.29, 1.82) is 0 Å². The Bertz CT molecular complexity index is 302. The van der Waals surface area contributed by atoms with E-state index >= 15 is 0 Å². The van der Waals surface area contributed by atoms with E-state index in [1.165, 1.54) is 11.1 Å². The van der Waals surface area contributed by atoms with Gasteiger partial charge in [-0.15, -0.1) is 0 Å². The number of aldehydes is 1. The van der Waals surface area contributed by atoms with Gasteiger partial charge >= 0.3 is 0 Å². The molecule has 1 aromatic carbocycles. The summed E-state index contributed by atoms with van der Waals surface area (Å²) in [4.78, 5) is 10.7. The predicted molar refractivity (Wildman–Crippen MR) is 55.0 cm³/mol. The van der Waals surface area contributed by atoms with Gasteiger partial charge in [-0.2, -0.15) is 0 Å². The average Bonchev–Trinajstić information content (AvgIpc) is 2.17. The van der Waals surface area contributed by atoms with E-state index < -0.39 is 0 Å². The van der Waals surface area contributed by atoms with E-state index in [0.29, 0.717) is 0 Å². The Kier molecular flexibility index (Phi) is 3.24. The highest BCUT2D eigenvalue weighted by atomic mass is 16.1. The second-order valence-corrected chi connectivity index (χ2v) is 3.47. The van der Waals surface area contributed by atoms with Gasteiger partial charge in [0, 0.05) is 5.92 Å². The van der Waals surface area contributed by atoms with Crippen LogP contribution in [0.25, 0.3) is 0 Å². The summed E-state index contributed by atoms with van der Waals surface area (Å²) in [7, 11) is 0. The van der Waals surface area contributed by atoms with Crippen LogP contribution in [0, 0.1) is 6.92 Å². The lowest BCUT2D eigenvalue weighted by molar-refractivity contribution is -0.108. The van der Waals surface area contributed by atoms with Gasteiger partial charge in [-0.25, -0.2) is 0 Å². The fourth-order valence-corrected chi connectivity index (χ4v) is 1.47. The van der Waals surface area contributed by atoms with Crippen LogP contribution >= 0.6 is 0 Å². The van der Waals surface area contributed by atoms with Gasteiger partial charge in [-0.1, -0.05) is 32.0 Å². The Morgan fingerprint density at radius 1 is 1.46 bits per heavy atom. The van der Waals surface area contributed by atoms with Crippen LogP contribution in [0.2, 0.25) is 0 Å². The van der Waals surface area contributed by atoms with Crippen molar-refractivity contribution in [2.75, 3.05) is 0 Å². The van der Waals surface area contributed by atoms with Crippen LogP contribution < -0.4 is 0 Å². The van der Waals surface area contributed by atoms with Gasteiger partial charge in [-0.3, -0.25) is 0 Å². The van der Waals surface area contributed by atoms with Crippen molar-refractivity contribution in [3.05, 3.63) is 34.9 Å². The van der Waals surface area contributed by atoms with Crippen molar-refractivity contribution in [1.82, 2.24) is 0 Å². The molecule has 1 rings (SSSR count). The van der Waals surface area contributed by atoms with Crippen molar-refractivity contribution in [2.24, 2.45) is 0 Å². The van der Waals surface area contributed by atoms with Gasteiger partial charge in [0.05, 0.1) is 0 Å². The number of hydrogen-bond acceptors (Lipinski definition) is 1. The first-order chi connectivity index (χ1) is 6.19. The van der Waals surface area contributed by atoms with E-state index in [1.807, 2.05) is 6.92 Å². The third-order valence-corrected chi connectivity index (χ3v) is 2.45. The number of carbonyl (C=O) groups excluding carboxylic acids is 1. The second kappa shape index (κ2) is 4.22. The summed E-state index contributed by atoms with van der Waals surface area (Å²) < 4.78 is 0. The van der Waals surface area contributed by atoms with Crippen LogP contribution in [0.5, 0.6) is 0 Å². The average molecular weight is 176 g/mol. The third kappa shape index (κ3) is 2.18. The highest BCUT2D eigenvalue weighted by molar-refractivity contribution is 5.62. The van der Waals surface area contributed by atoms with Crippen LogP contribution in [-0.2, 0) is 11.2 Å². The molecule has 0 fully saturated rings. The molecule has 1 atom stereocenters. The molecule has 0 bridgehead atoms. The molecule has 0 radical (unpaired) electrons. The summed E-state index contributed by atoms with van der Waals surface area (Å²) in [5.74, 6) is 0.0199. The minimum absolute atomic E-state index is 0.0199. The first-order valence-corrected chi connectivity index (χ1v) is 4.73. The molecular formula is C12H16O. The van der Waals surface area contributed by atoms with Crippen LogP contribution in [0.15, 0.2) is 18.2 Å². The van der Waals surface area contributed by atoms with Crippen LogP contribution in [0.3, 0.4) is 0 Å². The lowest BCUT2D eigenvalue weighted by Gasteiger charge is -2.09. The summed E-state index contributed by atoms with van der Waals surface area (Å²) in [6, 6.07) is 6.35. The Balaban J connectivity index is 3.10. The standard InChI is InChI=1S/C12H16O/c1-4-11-6-5-9(2)12(7-11)10(3)8-13/h5-8,10H,4H2,1-3H3. The third-order valence-electron chi connectivity index (χ3n) is 2.45. The summed E-state index contributed by atoms with van der Waals surface area (Å²) in [6.07, 6.45) is 2.03. The van der Waals surface area contributed by atoms with Gasteiger partial charge in [0.1, 0.15) is 6.29 Å². The van der Waals surface area contributed by atoms with Crippen LogP contribution in [0.1, 0.15) is 36.5 Å². The topological polar surface area (TPSA) is 17.1 Å². The zero-order valence-electron chi connectivity index (χ0n) is 8.50. The summed E-state index contributed by atoms with van der Waals surface area (Å²) in [5.41, 5.74) is 3.67. The summed E-state index contributed by atoms with van der Waals surface area (Å²) in [6.45, 7) is 6.11. The molecule has 0 amide bonds. The lowest BCUT2D eigenvalue weighted by Crippen LogP contribution is -1.98. The first kappa shape index (κ1) is 9.97. The number of hydrogen-bond donors (Lipinski definition) is 0. The predicted octanol–water partition coefficient (Wildman–Crippen LogP) is 2.86. The van der Waals surface area contributed by atoms with Crippen molar-refractivity contribution < 1.29 is 4.79 Å². The minimum atomic E-state index is 0.0199. The minimum Gasteiger partial charge on any atom is -0.303 e. The highest BCUT2D eigenvalue weighted by Gasteiger charge is 2.07. The molecule has 1 aromatic rings. The molecule has 0 saturated heterocycles. The second-order valence-electron chi connectivity index (χ2n) is 3.47. The van der Waals surface area contributed by atoms with Crippen molar-refractivity contribution in [3.63, 3.8) is 0 Å². The molecule has 0 spiro atoms. The van der Waals surface area contributed by atoms with E-state index in [9.17, 15) is 4.79 Å². The van der Waals surface area contributed by atoms with E-state index in [4.69, 9.17) is 0 Å². The molecule has 1 heteroatoms. The van der Waals surface area contributed by atoms with E-state index in [0.717, 1.165) is 18.3 Å². The molecule has 0 aromatic heterocycles. The zero-order valence-corrected chi connectivity index (χ0v) is 8.50. The molecular weight excluding hydrogens is 160 g/mol. The number of rotatable bonds is 3. The zero-order chi connectivity index (χ0) is 9.84. The van der Waals surface area contributed by atoms with E-state index in [2.05, 4.69) is 32.0 Å². The first-order valence-electron chi connectivity index (χ1n) is 4.73. The lowest BCUT2D eigenvalue weighted by atomic mass is 9.95. The molecule has 0 heterocycles. The molecule has 1 nitrogen and oxygen atoms in total. The highest BCUT2D eigenvalue weighted by Crippen LogP contribution is 2.19. The van der Waals surface area contributed by atoms with E-state index in [1.54, 1.807) is 0 Å². The van der Waals surface area contributed by atoms with Crippen molar-refractivity contribution in [2.45, 2.75) is 33.1 Å². The molecule has 1 unspecified atom stereocenters. The molecule has 0 aliphatic rings. The molecule has 70 valence electrons. The maximum atomic E-state index is 10.7. The van der Waals surface area contributed by atoms with Crippen LogP contribution in [0.4, 0.5) is 0 Å². The van der Waals surface area contributed by atoms with Gasteiger partial charge in [0.25, 0.3) is 0 Å². The fraction of sp³-hybridized carbons (Fsp3) is 0.417. The maximum Gasteiger partial charge on any atom is 0.127 e. The Labute approximate surface area is 79.8 Å². The maximum absolute atomic E-state index is 10.7. The SMILES string of the molecule is CCc1ccc(C)c(C(C)C=O)c1. The monoisotopic (exact) mass is 176 g/mol. The van der Waals surface area contributed by atoms with Crippen LogP contribution in [-0.4, -0.2) is 6.29 Å². The Morgan fingerprint density at radius 2 is 2.15 bits per heavy atom. The van der Waals surface area contributed by atoms with Crippen molar-refractivity contribution in [3.8, 4) is 0 Å². The van der Waals surface area contributed by atoms with Gasteiger partial charge in [0.15, 0.2) is 0 Å². The van der Waals surface area contributed by atoms with Crippen molar-refractivity contribution >= 4 is 6.29 Å². The van der Waals surface area contributed by atoms with E-state index in [-0.39, 0.29) is 5.92 Å². The summed E-state index contributed by atoms with van der Waals surface area (Å²) in [5, 5.41) is 0. The molecule has 0 saturated carbocycles. The fourth-order valence-electron chi connectivity index (χ4n) is 1.47. The number of carbonyl (C=O) groups is 1. The Hall–Kier alpha value is -1.11. The van der Waals surface area contributed by atoms with Gasteiger partial charge in [-0.05, 0) is 30.0 Å². The molecule has 0 N–H and O–H groups in total. The Morgan fingerprint density at radius 3 is 2.69 bits per heavy atom. The quantitative estimate of drug-likeness (QED) is 0.647. The smallest absolute Gasteiger partial charge is 0.127 e. The molecule has 13 heavy (non-hydrogen) atoms.